The van der Waals surface area contributed by atoms with Gasteiger partial charge in [0.2, 0.25) is 10.0 Å². The first-order valence-corrected chi connectivity index (χ1v) is 11.0. The molecule has 7 nitrogen and oxygen atoms in total. The molecule has 0 aromatic heterocycles. The van der Waals surface area contributed by atoms with E-state index in [0.29, 0.717) is 5.69 Å². The van der Waals surface area contributed by atoms with Gasteiger partial charge in [0.15, 0.2) is 0 Å². The summed E-state index contributed by atoms with van der Waals surface area (Å²) in [5, 5.41) is 2.60. The van der Waals surface area contributed by atoms with Crippen molar-refractivity contribution >= 4 is 27.5 Å². The van der Waals surface area contributed by atoms with Gasteiger partial charge in [-0.25, -0.2) is 13.2 Å². The molecule has 0 saturated carbocycles. The second-order valence-electron chi connectivity index (χ2n) is 7.41. The van der Waals surface area contributed by atoms with Gasteiger partial charge in [0, 0.05) is 25.3 Å². The average molecular weight is 400 g/mol. The SMILES string of the molecule is CCN(CC)c1ccc(N(CCNC(=O)OC(C)(C)C)S(C)(=O)=O)c(C)c1. The summed E-state index contributed by atoms with van der Waals surface area (Å²) in [6.45, 7) is 13.4. The first kappa shape index (κ1) is 23.1. The van der Waals surface area contributed by atoms with Gasteiger partial charge in [0.05, 0.1) is 18.5 Å². The van der Waals surface area contributed by atoms with Crippen LogP contribution in [-0.4, -0.2) is 52.5 Å². The van der Waals surface area contributed by atoms with E-state index in [-0.39, 0.29) is 13.1 Å². The van der Waals surface area contributed by atoms with Crippen molar-refractivity contribution in [3.63, 3.8) is 0 Å². The first-order valence-electron chi connectivity index (χ1n) is 9.19. The van der Waals surface area contributed by atoms with Gasteiger partial charge >= 0.3 is 6.09 Å². The molecule has 1 aromatic carbocycles. The Balaban J connectivity index is 2.94. The molecule has 0 radical (unpaired) electrons. The number of rotatable bonds is 8. The van der Waals surface area contributed by atoms with Gasteiger partial charge in [-0.05, 0) is 65.3 Å². The number of benzene rings is 1. The lowest BCUT2D eigenvalue weighted by Gasteiger charge is -2.27. The quantitative estimate of drug-likeness (QED) is 0.726. The van der Waals surface area contributed by atoms with Gasteiger partial charge in [-0.2, -0.15) is 0 Å². The number of hydrogen-bond donors (Lipinski definition) is 1. The summed E-state index contributed by atoms with van der Waals surface area (Å²) in [6, 6.07) is 5.73. The molecule has 1 rings (SSSR count). The van der Waals surface area contributed by atoms with E-state index in [4.69, 9.17) is 4.74 Å². The van der Waals surface area contributed by atoms with E-state index in [0.717, 1.165) is 30.6 Å². The van der Waals surface area contributed by atoms with Crippen molar-refractivity contribution in [1.29, 1.82) is 0 Å². The van der Waals surface area contributed by atoms with Crippen LogP contribution < -0.4 is 14.5 Å². The standard InChI is InChI=1S/C19H33N3O4S/c1-8-21(9-2)16-10-11-17(15(3)14-16)22(27(7,24)25)13-12-20-18(23)26-19(4,5)6/h10-11,14H,8-9,12-13H2,1-7H3,(H,20,23). The normalized spacial score (nSPS) is 11.8. The maximum atomic E-state index is 12.3. The van der Waals surface area contributed by atoms with E-state index >= 15 is 0 Å². The molecule has 8 heteroatoms. The van der Waals surface area contributed by atoms with Crippen LogP contribution in [0.5, 0.6) is 0 Å². The van der Waals surface area contributed by atoms with Gasteiger partial charge in [-0.15, -0.1) is 0 Å². The van der Waals surface area contributed by atoms with Crippen LogP contribution in [0, 0.1) is 6.92 Å². The van der Waals surface area contributed by atoms with E-state index in [1.165, 1.54) is 4.31 Å². The smallest absolute Gasteiger partial charge is 0.407 e. The molecular weight excluding hydrogens is 366 g/mol. The molecule has 1 amide bonds. The van der Waals surface area contributed by atoms with Crippen molar-refractivity contribution in [2.75, 3.05) is 41.6 Å². The highest BCUT2D eigenvalue weighted by Crippen LogP contribution is 2.27. The molecule has 1 aromatic rings. The summed E-state index contributed by atoms with van der Waals surface area (Å²) < 4.78 is 31.1. The molecule has 1 N–H and O–H groups in total. The minimum atomic E-state index is -3.49. The van der Waals surface area contributed by atoms with E-state index < -0.39 is 21.7 Å². The Kier molecular flexibility index (Phi) is 7.95. The second-order valence-corrected chi connectivity index (χ2v) is 9.31. The minimum absolute atomic E-state index is 0.129. The number of ether oxygens (including phenoxy) is 1. The highest BCUT2D eigenvalue weighted by Gasteiger charge is 2.21. The van der Waals surface area contributed by atoms with Gasteiger partial charge < -0.3 is 15.0 Å². The van der Waals surface area contributed by atoms with Gasteiger partial charge in [-0.3, -0.25) is 4.31 Å². The summed E-state index contributed by atoms with van der Waals surface area (Å²) in [7, 11) is -3.49. The predicted octanol–water partition coefficient (Wildman–Crippen LogP) is 3.13. The molecule has 0 bridgehead atoms. The Labute approximate surface area is 163 Å². The van der Waals surface area contributed by atoms with Crippen LogP contribution in [0.3, 0.4) is 0 Å². The lowest BCUT2D eigenvalue weighted by Crippen LogP contribution is -2.40. The Bertz CT molecular complexity index is 738. The largest absolute Gasteiger partial charge is 0.444 e. The van der Waals surface area contributed by atoms with E-state index in [9.17, 15) is 13.2 Å². The van der Waals surface area contributed by atoms with Gasteiger partial charge in [0.25, 0.3) is 0 Å². The molecule has 27 heavy (non-hydrogen) atoms. The highest BCUT2D eigenvalue weighted by molar-refractivity contribution is 7.92. The molecule has 0 unspecified atom stereocenters. The second kappa shape index (κ2) is 9.30. The summed E-state index contributed by atoms with van der Waals surface area (Å²) in [5.74, 6) is 0. The monoisotopic (exact) mass is 399 g/mol. The Morgan fingerprint density at radius 1 is 1.19 bits per heavy atom. The third-order valence-electron chi connectivity index (χ3n) is 3.96. The third-order valence-corrected chi connectivity index (χ3v) is 5.14. The first-order chi connectivity index (χ1) is 12.4. The molecule has 0 aliphatic carbocycles. The van der Waals surface area contributed by atoms with Crippen molar-refractivity contribution in [2.24, 2.45) is 0 Å². The van der Waals surface area contributed by atoms with Crippen LogP contribution in [0.4, 0.5) is 16.2 Å². The van der Waals surface area contributed by atoms with Crippen molar-refractivity contribution in [2.45, 2.75) is 47.1 Å². The van der Waals surface area contributed by atoms with E-state index in [1.54, 1.807) is 20.8 Å². The molecule has 0 atom stereocenters. The van der Waals surface area contributed by atoms with Crippen molar-refractivity contribution < 1.29 is 17.9 Å². The number of nitrogens with one attached hydrogen (secondary N) is 1. The Hall–Kier alpha value is -1.96. The summed E-state index contributed by atoms with van der Waals surface area (Å²) >= 11 is 0. The van der Waals surface area contributed by atoms with Gasteiger partial charge in [-0.1, -0.05) is 0 Å². The van der Waals surface area contributed by atoms with E-state index in [2.05, 4.69) is 24.1 Å². The average Bonchev–Trinajstić information content (AvgIpc) is 2.51. The minimum Gasteiger partial charge on any atom is -0.444 e. The molecule has 0 heterocycles. The number of aryl methyl sites for hydroxylation is 1. The fraction of sp³-hybridized carbons (Fsp3) is 0.632. The summed E-state index contributed by atoms with van der Waals surface area (Å²) in [5.41, 5.74) is 1.93. The van der Waals surface area contributed by atoms with Gasteiger partial charge in [0.1, 0.15) is 5.60 Å². The molecule has 0 spiro atoms. The maximum Gasteiger partial charge on any atom is 0.407 e. The molecule has 0 aliphatic rings. The Morgan fingerprint density at radius 2 is 1.78 bits per heavy atom. The fourth-order valence-electron chi connectivity index (χ4n) is 2.74. The third kappa shape index (κ3) is 7.28. The van der Waals surface area contributed by atoms with Crippen LogP contribution in [-0.2, 0) is 14.8 Å². The number of anilines is 2. The zero-order valence-electron chi connectivity index (χ0n) is 17.5. The lowest BCUT2D eigenvalue weighted by molar-refractivity contribution is 0.0529. The number of alkyl carbamates (subject to hydrolysis) is 1. The van der Waals surface area contributed by atoms with Crippen LogP contribution >= 0.6 is 0 Å². The molecule has 0 aliphatic heterocycles. The Morgan fingerprint density at radius 3 is 2.22 bits per heavy atom. The number of nitrogens with zero attached hydrogens (tertiary/aromatic N) is 2. The van der Waals surface area contributed by atoms with Crippen molar-refractivity contribution in [1.82, 2.24) is 5.32 Å². The highest BCUT2D eigenvalue weighted by atomic mass is 32.2. The van der Waals surface area contributed by atoms with Crippen molar-refractivity contribution in [3.05, 3.63) is 23.8 Å². The number of sulfonamides is 1. The zero-order chi connectivity index (χ0) is 20.8. The molecule has 0 fully saturated rings. The van der Waals surface area contributed by atoms with Crippen molar-refractivity contribution in [3.8, 4) is 0 Å². The number of carbonyl (C=O) groups excluding carboxylic acids is 1. The summed E-state index contributed by atoms with van der Waals surface area (Å²) in [4.78, 5) is 14.0. The maximum absolute atomic E-state index is 12.3. The molecular formula is C19H33N3O4S. The lowest BCUT2D eigenvalue weighted by atomic mass is 10.1. The van der Waals surface area contributed by atoms with Crippen LogP contribution in [0.15, 0.2) is 18.2 Å². The zero-order valence-corrected chi connectivity index (χ0v) is 18.3. The number of carbonyl (C=O) groups is 1. The molecule has 154 valence electrons. The topological polar surface area (TPSA) is 79.0 Å². The van der Waals surface area contributed by atoms with Crippen LogP contribution in [0.25, 0.3) is 0 Å². The molecule has 0 saturated heterocycles. The number of hydrogen-bond acceptors (Lipinski definition) is 5. The number of amides is 1. The summed E-state index contributed by atoms with van der Waals surface area (Å²) in [6.07, 6.45) is 0.600. The van der Waals surface area contributed by atoms with E-state index in [1.807, 2.05) is 25.1 Å². The predicted molar refractivity (Wildman–Crippen MR) is 111 cm³/mol. The van der Waals surface area contributed by atoms with Crippen LogP contribution in [0.2, 0.25) is 0 Å². The fourth-order valence-corrected chi connectivity index (χ4v) is 3.73. The van der Waals surface area contributed by atoms with Crippen LogP contribution in [0.1, 0.15) is 40.2 Å².